The van der Waals surface area contributed by atoms with Gasteiger partial charge in [-0.05, 0) is 44.0 Å². The zero-order valence-corrected chi connectivity index (χ0v) is 10.1. The van der Waals surface area contributed by atoms with Crippen LogP contribution in [0.2, 0.25) is 0 Å². The van der Waals surface area contributed by atoms with Gasteiger partial charge in [0.05, 0.1) is 0 Å². The van der Waals surface area contributed by atoms with E-state index in [1.165, 1.54) is 12.8 Å². The van der Waals surface area contributed by atoms with Crippen LogP contribution in [0.3, 0.4) is 0 Å². The molecule has 0 amide bonds. The van der Waals surface area contributed by atoms with Crippen molar-refractivity contribution < 1.29 is 0 Å². The van der Waals surface area contributed by atoms with Gasteiger partial charge in [0.2, 0.25) is 0 Å². The summed E-state index contributed by atoms with van der Waals surface area (Å²) in [6, 6.07) is 9.69. The van der Waals surface area contributed by atoms with Gasteiger partial charge in [-0.3, -0.25) is 0 Å². The number of allylic oxidation sites excluding steroid dienone is 1. The third-order valence-electron chi connectivity index (χ3n) is 4.13. The van der Waals surface area contributed by atoms with E-state index in [-0.39, 0.29) is 0 Å². The highest BCUT2D eigenvalue weighted by molar-refractivity contribution is 5.38. The van der Waals surface area contributed by atoms with Gasteiger partial charge in [0.15, 0.2) is 0 Å². The molecule has 0 saturated heterocycles. The predicted octanol–water partition coefficient (Wildman–Crippen LogP) is 2.83. The summed E-state index contributed by atoms with van der Waals surface area (Å²) in [5, 5.41) is 0. The molecule has 1 aromatic rings. The van der Waals surface area contributed by atoms with Crippen molar-refractivity contribution >= 4 is 0 Å². The Kier molecular flexibility index (Phi) is 2.36. The van der Waals surface area contributed by atoms with Crippen molar-refractivity contribution in [2.75, 3.05) is 14.1 Å². The Morgan fingerprint density at radius 2 is 2.00 bits per heavy atom. The molecule has 3 atom stereocenters. The van der Waals surface area contributed by atoms with E-state index in [9.17, 15) is 0 Å². The van der Waals surface area contributed by atoms with Gasteiger partial charge in [-0.25, -0.2) is 0 Å². The number of rotatable bonds is 1. The molecule has 0 heterocycles. The van der Waals surface area contributed by atoms with E-state index in [0.29, 0.717) is 17.9 Å². The summed E-state index contributed by atoms with van der Waals surface area (Å²) in [5.74, 6) is 1.42. The average molecular weight is 213 g/mol. The van der Waals surface area contributed by atoms with Crippen LogP contribution in [0.5, 0.6) is 0 Å². The lowest BCUT2D eigenvalue weighted by Gasteiger charge is -2.44. The summed E-state index contributed by atoms with van der Waals surface area (Å²) in [6.07, 6.45) is 7.23. The largest absolute Gasteiger partial charge is 0.305 e. The first-order valence-corrected chi connectivity index (χ1v) is 6.18. The Morgan fingerprint density at radius 3 is 2.81 bits per heavy atom. The second-order valence-corrected chi connectivity index (χ2v) is 5.29. The quantitative estimate of drug-likeness (QED) is 0.648. The fourth-order valence-corrected chi connectivity index (χ4v) is 3.53. The van der Waals surface area contributed by atoms with Gasteiger partial charge >= 0.3 is 0 Å². The molecule has 1 heteroatoms. The van der Waals surface area contributed by atoms with Gasteiger partial charge in [0, 0.05) is 12.0 Å². The molecule has 0 aliphatic heterocycles. The summed E-state index contributed by atoms with van der Waals surface area (Å²) >= 11 is 0. The highest BCUT2D eigenvalue weighted by Crippen LogP contribution is 2.42. The third-order valence-corrected chi connectivity index (χ3v) is 4.13. The lowest BCUT2D eigenvalue weighted by Crippen LogP contribution is -2.45. The minimum absolute atomic E-state index is 0.694. The Hall–Kier alpha value is -1.08. The number of hydrogen-bond donors (Lipinski definition) is 0. The molecule has 0 fully saturated rings. The maximum absolute atomic E-state index is 2.43. The summed E-state index contributed by atoms with van der Waals surface area (Å²) in [4.78, 5) is 2.41. The van der Waals surface area contributed by atoms with Crippen LogP contribution in [0.1, 0.15) is 23.5 Å². The van der Waals surface area contributed by atoms with E-state index in [0.717, 1.165) is 0 Å². The molecule has 0 saturated carbocycles. The van der Waals surface area contributed by atoms with Crippen molar-refractivity contribution in [2.45, 2.75) is 24.8 Å². The number of likely N-dealkylation sites (N-methyl/N-ethyl adjacent to an activating group) is 1. The molecule has 0 aromatic heterocycles. The monoisotopic (exact) mass is 213 g/mol. The Morgan fingerprint density at radius 1 is 1.19 bits per heavy atom. The van der Waals surface area contributed by atoms with Gasteiger partial charge in [0.25, 0.3) is 0 Å². The molecule has 2 aliphatic carbocycles. The summed E-state index contributed by atoms with van der Waals surface area (Å²) in [7, 11) is 4.44. The Balaban J connectivity index is 2.08. The first-order valence-electron chi connectivity index (χ1n) is 6.18. The minimum atomic E-state index is 0.694. The second kappa shape index (κ2) is 3.74. The summed E-state index contributed by atoms with van der Waals surface area (Å²) in [5.41, 5.74) is 3.15. The van der Waals surface area contributed by atoms with Gasteiger partial charge in [-0.2, -0.15) is 0 Å². The number of hydrogen-bond acceptors (Lipinski definition) is 1. The zero-order valence-electron chi connectivity index (χ0n) is 10.1. The smallest absolute Gasteiger partial charge is 0.0227 e. The summed E-state index contributed by atoms with van der Waals surface area (Å²) < 4.78 is 0. The van der Waals surface area contributed by atoms with Crippen LogP contribution in [0, 0.1) is 5.92 Å². The molecule has 84 valence electrons. The molecule has 0 spiro atoms. The van der Waals surface area contributed by atoms with Crippen LogP contribution in [0.4, 0.5) is 0 Å². The Bertz CT molecular complexity index is 419. The average Bonchev–Trinajstić information content (AvgIpc) is 2.28. The van der Waals surface area contributed by atoms with Crippen molar-refractivity contribution in [3.05, 3.63) is 47.5 Å². The van der Waals surface area contributed by atoms with Crippen LogP contribution < -0.4 is 0 Å². The molecule has 1 aromatic carbocycles. The standard InChI is InChI=1S/C15H19N/c1-16(2)15-12-7-5-9-14(15)13-8-4-3-6-11(13)10-12/h3-8,12,14-15H,9-10H2,1-2H3. The van der Waals surface area contributed by atoms with E-state index in [1.54, 1.807) is 11.1 Å². The lowest BCUT2D eigenvalue weighted by molar-refractivity contribution is 0.180. The zero-order chi connectivity index (χ0) is 11.1. The first kappa shape index (κ1) is 10.1. The maximum atomic E-state index is 2.43. The van der Waals surface area contributed by atoms with Gasteiger partial charge < -0.3 is 4.90 Å². The van der Waals surface area contributed by atoms with Crippen molar-refractivity contribution in [3.8, 4) is 0 Å². The highest BCUT2D eigenvalue weighted by Gasteiger charge is 2.37. The van der Waals surface area contributed by atoms with Crippen molar-refractivity contribution in [2.24, 2.45) is 5.92 Å². The Labute approximate surface area is 97.8 Å². The van der Waals surface area contributed by atoms with E-state index >= 15 is 0 Å². The number of benzene rings is 1. The van der Waals surface area contributed by atoms with Crippen LogP contribution in [-0.2, 0) is 6.42 Å². The third kappa shape index (κ3) is 1.42. The molecule has 2 bridgehead atoms. The molecule has 3 rings (SSSR count). The van der Waals surface area contributed by atoms with Gasteiger partial charge in [0.1, 0.15) is 0 Å². The minimum Gasteiger partial charge on any atom is -0.305 e. The van der Waals surface area contributed by atoms with Crippen molar-refractivity contribution in [1.29, 1.82) is 0 Å². The van der Waals surface area contributed by atoms with E-state index in [4.69, 9.17) is 0 Å². The maximum Gasteiger partial charge on any atom is 0.0227 e. The molecule has 2 aliphatic rings. The van der Waals surface area contributed by atoms with Gasteiger partial charge in [-0.15, -0.1) is 0 Å². The predicted molar refractivity (Wildman–Crippen MR) is 67.6 cm³/mol. The molecule has 3 unspecified atom stereocenters. The first-order chi connectivity index (χ1) is 7.77. The SMILES string of the molecule is CN(C)C1C2C=CCC1c1ccccc1C2. The fourth-order valence-electron chi connectivity index (χ4n) is 3.53. The molecular formula is C15H19N. The number of fused-ring (bicyclic) bond motifs is 4. The summed E-state index contributed by atoms with van der Waals surface area (Å²) in [6.45, 7) is 0. The van der Waals surface area contributed by atoms with Crippen molar-refractivity contribution in [3.63, 3.8) is 0 Å². The number of nitrogens with zero attached hydrogens (tertiary/aromatic N) is 1. The fraction of sp³-hybridized carbons (Fsp3) is 0.467. The second-order valence-electron chi connectivity index (χ2n) is 5.29. The van der Waals surface area contributed by atoms with E-state index in [2.05, 4.69) is 55.4 Å². The van der Waals surface area contributed by atoms with Crippen LogP contribution in [0.25, 0.3) is 0 Å². The molecule has 16 heavy (non-hydrogen) atoms. The topological polar surface area (TPSA) is 3.24 Å². The van der Waals surface area contributed by atoms with E-state index < -0.39 is 0 Å². The molecule has 0 radical (unpaired) electrons. The van der Waals surface area contributed by atoms with Crippen LogP contribution in [0.15, 0.2) is 36.4 Å². The molecule has 0 N–H and O–H groups in total. The molecular weight excluding hydrogens is 194 g/mol. The van der Waals surface area contributed by atoms with Crippen molar-refractivity contribution in [1.82, 2.24) is 4.90 Å². The van der Waals surface area contributed by atoms with Crippen LogP contribution >= 0.6 is 0 Å². The normalized spacial score (nSPS) is 31.6. The highest BCUT2D eigenvalue weighted by atomic mass is 15.1. The van der Waals surface area contributed by atoms with Gasteiger partial charge in [-0.1, -0.05) is 36.4 Å². The van der Waals surface area contributed by atoms with Crippen LogP contribution in [-0.4, -0.2) is 25.0 Å². The van der Waals surface area contributed by atoms with E-state index in [1.807, 2.05) is 0 Å². The lowest BCUT2D eigenvalue weighted by atomic mass is 9.68. The molecule has 1 nitrogen and oxygen atoms in total.